The standard InChI is InChI=1S/C46H35BN2O/c1-3-4-5-12-29-21-24-39-36(27-29)37-25-28(2)26-41-43(37)47(49(39)40-19-11-17-35-32-15-8-9-20-42(32)50-46(35)40)38-18-10-16-33-34-23-22-30-13-6-7-14-31(30)44(34)48(41)45(33)38/h6-11,13-27H,3-5,12H2,1-2H3. The van der Waals surface area contributed by atoms with Gasteiger partial charge in [-0.15, -0.1) is 0 Å². The van der Waals surface area contributed by atoms with Crippen molar-refractivity contribution < 1.29 is 4.42 Å². The van der Waals surface area contributed by atoms with Crippen molar-refractivity contribution >= 4 is 83.7 Å². The molecule has 0 unspecified atom stereocenters. The molecule has 50 heavy (non-hydrogen) atoms. The van der Waals surface area contributed by atoms with Gasteiger partial charge < -0.3 is 13.8 Å². The Morgan fingerprint density at radius 2 is 1.40 bits per heavy atom. The third-order valence-electron chi connectivity index (χ3n) is 11.4. The lowest BCUT2D eigenvalue weighted by molar-refractivity contribution is 0.669. The van der Waals surface area contributed by atoms with Gasteiger partial charge in [0.25, 0.3) is 0 Å². The molecule has 3 nitrogen and oxygen atoms in total. The average molecular weight is 643 g/mol. The first kappa shape index (κ1) is 28.1. The van der Waals surface area contributed by atoms with Gasteiger partial charge in [0.1, 0.15) is 5.58 Å². The molecule has 0 aliphatic carbocycles. The summed E-state index contributed by atoms with van der Waals surface area (Å²) in [5.74, 6) is 0. The number of anilines is 2. The summed E-state index contributed by atoms with van der Waals surface area (Å²) < 4.78 is 9.38. The normalized spacial score (nSPS) is 13.2. The first-order valence-corrected chi connectivity index (χ1v) is 18.1. The number of aryl methyl sites for hydroxylation is 2. The van der Waals surface area contributed by atoms with Crippen molar-refractivity contribution in [3.63, 3.8) is 0 Å². The zero-order valence-electron chi connectivity index (χ0n) is 28.3. The molecule has 0 radical (unpaired) electrons. The van der Waals surface area contributed by atoms with Crippen LogP contribution in [0.5, 0.6) is 0 Å². The first-order chi connectivity index (χ1) is 24.7. The van der Waals surface area contributed by atoms with E-state index in [0.717, 1.165) is 34.0 Å². The van der Waals surface area contributed by atoms with E-state index in [9.17, 15) is 0 Å². The van der Waals surface area contributed by atoms with Crippen LogP contribution >= 0.6 is 0 Å². The topological polar surface area (TPSA) is 21.3 Å². The van der Waals surface area contributed by atoms with Crippen LogP contribution in [0.25, 0.3) is 71.3 Å². The van der Waals surface area contributed by atoms with Crippen molar-refractivity contribution in [1.29, 1.82) is 0 Å². The second-order valence-electron chi connectivity index (χ2n) is 14.3. The number of nitrogens with zero attached hydrogens (tertiary/aromatic N) is 2. The zero-order valence-corrected chi connectivity index (χ0v) is 28.3. The minimum Gasteiger partial charge on any atom is -0.454 e. The molecule has 9 aromatic rings. The predicted octanol–water partition coefficient (Wildman–Crippen LogP) is 11.1. The molecular formula is C46H35BN2O. The van der Waals surface area contributed by atoms with E-state index in [1.54, 1.807) is 0 Å². The number of rotatable bonds is 5. The minimum absolute atomic E-state index is 0.0374. The molecule has 7 aromatic carbocycles. The molecule has 0 N–H and O–H groups in total. The molecule has 238 valence electrons. The van der Waals surface area contributed by atoms with Crippen LogP contribution in [0.3, 0.4) is 0 Å². The van der Waals surface area contributed by atoms with Crippen molar-refractivity contribution in [2.24, 2.45) is 0 Å². The van der Waals surface area contributed by atoms with Gasteiger partial charge in [0.05, 0.1) is 16.7 Å². The van der Waals surface area contributed by atoms with Crippen molar-refractivity contribution in [3.05, 3.63) is 139 Å². The summed E-state index contributed by atoms with van der Waals surface area (Å²) in [4.78, 5) is 2.60. The van der Waals surface area contributed by atoms with Crippen molar-refractivity contribution in [2.45, 2.75) is 39.5 Å². The van der Waals surface area contributed by atoms with Gasteiger partial charge in [0.15, 0.2) is 5.58 Å². The van der Waals surface area contributed by atoms with E-state index in [1.165, 1.54) is 96.4 Å². The van der Waals surface area contributed by atoms with E-state index < -0.39 is 0 Å². The van der Waals surface area contributed by atoms with Gasteiger partial charge in [-0.1, -0.05) is 117 Å². The van der Waals surface area contributed by atoms with Crippen LogP contribution < -0.4 is 15.7 Å². The summed E-state index contributed by atoms with van der Waals surface area (Å²) >= 11 is 0. The highest BCUT2D eigenvalue weighted by molar-refractivity contribution is 6.93. The highest BCUT2D eigenvalue weighted by atomic mass is 16.3. The fourth-order valence-corrected chi connectivity index (χ4v) is 9.29. The Morgan fingerprint density at radius 3 is 2.32 bits per heavy atom. The van der Waals surface area contributed by atoms with Crippen molar-refractivity contribution in [1.82, 2.24) is 4.57 Å². The van der Waals surface area contributed by atoms with Gasteiger partial charge >= 0.3 is 6.85 Å². The van der Waals surface area contributed by atoms with Crippen LogP contribution in [0.4, 0.5) is 11.4 Å². The number of para-hydroxylation sites is 3. The molecule has 0 bridgehead atoms. The van der Waals surface area contributed by atoms with Crippen LogP contribution in [0, 0.1) is 6.92 Å². The van der Waals surface area contributed by atoms with Gasteiger partial charge in [-0.05, 0) is 83.1 Å². The summed E-state index contributed by atoms with van der Waals surface area (Å²) in [5.41, 5.74) is 16.1. The lowest BCUT2D eigenvalue weighted by Gasteiger charge is -2.42. The smallest absolute Gasteiger partial charge is 0.333 e. The Labute approximate surface area is 291 Å². The third kappa shape index (κ3) is 3.71. The van der Waals surface area contributed by atoms with Crippen molar-refractivity contribution in [2.75, 3.05) is 4.81 Å². The Hall–Kier alpha value is -5.74. The van der Waals surface area contributed by atoms with Gasteiger partial charge in [-0.2, -0.15) is 0 Å². The molecule has 0 saturated carbocycles. The van der Waals surface area contributed by atoms with E-state index >= 15 is 0 Å². The monoisotopic (exact) mass is 642 g/mol. The molecule has 4 heteroatoms. The van der Waals surface area contributed by atoms with Crippen molar-refractivity contribution in [3.8, 4) is 16.8 Å². The number of benzene rings is 7. The maximum absolute atomic E-state index is 6.78. The first-order valence-electron chi connectivity index (χ1n) is 18.1. The fraction of sp³-hybridized carbons (Fsp3) is 0.130. The van der Waals surface area contributed by atoms with Crippen LogP contribution in [-0.2, 0) is 6.42 Å². The second kappa shape index (κ2) is 10.4. The molecule has 2 aliphatic rings. The van der Waals surface area contributed by atoms with Gasteiger partial charge in [-0.3, -0.25) is 0 Å². The molecule has 0 fully saturated rings. The number of unbranched alkanes of at least 4 members (excludes halogenated alkanes) is 2. The molecule has 0 spiro atoms. The second-order valence-corrected chi connectivity index (χ2v) is 14.3. The van der Waals surface area contributed by atoms with E-state index in [1.807, 2.05) is 0 Å². The van der Waals surface area contributed by atoms with E-state index in [4.69, 9.17) is 4.42 Å². The molecule has 0 saturated heterocycles. The van der Waals surface area contributed by atoms with Crippen LogP contribution in [-0.4, -0.2) is 11.4 Å². The zero-order chi connectivity index (χ0) is 33.1. The van der Waals surface area contributed by atoms with E-state index in [-0.39, 0.29) is 6.85 Å². The largest absolute Gasteiger partial charge is 0.454 e. The molecule has 0 atom stereocenters. The summed E-state index contributed by atoms with van der Waals surface area (Å²) in [6.07, 6.45) is 4.77. The highest BCUT2D eigenvalue weighted by Crippen LogP contribution is 2.48. The summed E-state index contributed by atoms with van der Waals surface area (Å²) in [5, 5.41) is 7.47. The summed E-state index contributed by atoms with van der Waals surface area (Å²) in [6, 6.07) is 47.7. The Morgan fingerprint density at radius 1 is 0.600 bits per heavy atom. The Kier molecular flexibility index (Phi) is 5.84. The number of aromatic nitrogens is 1. The third-order valence-corrected chi connectivity index (χ3v) is 11.4. The molecule has 11 rings (SSSR count). The molecule has 2 aliphatic heterocycles. The fourth-order valence-electron chi connectivity index (χ4n) is 9.29. The predicted molar refractivity (Wildman–Crippen MR) is 213 cm³/mol. The van der Waals surface area contributed by atoms with E-state index in [0.29, 0.717) is 0 Å². The quantitative estimate of drug-likeness (QED) is 0.138. The number of hydrogen-bond acceptors (Lipinski definition) is 2. The summed E-state index contributed by atoms with van der Waals surface area (Å²) in [6.45, 7) is 4.51. The molecule has 0 amide bonds. The lowest BCUT2D eigenvalue weighted by atomic mass is 9.44. The highest BCUT2D eigenvalue weighted by Gasteiger charge is 2.44. The van der Waals surface area contributed by atoms with Gasteiger partial charge in [-0.25, -0.2) is 0 Å². The molecule has 2 aromatic heterocycles. The average Bonchev–Trinajstić information content (AvgIpc) is 3.71. The lowest BCUT2D eigenvalue weighted by Crippen LogP contribution is -2.60. The number of furan rings is 1. The maximum atomic E-state index is 6.78. The summed E-state index contributed by atoms with van der Waals surface area (Å²) in [7, 11) is 0. The van der Waals surface area contributed by atoms with Gasteiger partial charge in [0.2, 0.25) is 0 Å². The molecule has 4 heterocycles. The molecular weight excluding hydrogens is 607 g/mol. The van der Waals surface area contributed by atoms with Crippen LogP contribution in [0.2, 0.25) is 0 Å². The van der Waals surface area contributed by atoms with E-state index in [2.05, 4.69) is 151 Å². The Balaban J connectivity index is 1.29. The van der Waals surface area contributed by atoms with Crippen LogP contribution in [0.15, 0.2) is 132 Å². The van der Waals surface area contributed by atoms with Crippen LogP contribution in [0.1, 0.15) is 37.3 Å². The maximum Gasteiger partial charge on any atom is 0.333 e. The minimum atomic E-state index is -0.0374. The van der Waals surface area contributed by atoms with Gasteiger partial charge in [0, 0.05) is 43.9 Å². The SMILES string of the molecule is CCCCCc1ccc2c(c1)-c1cc(C)cc3c1B(c1cccc4c5ccc6ccccc6c5n-3c14)N2c1cccc2c1oc1ccccc12. The number of hydrogen-bond donors (Lipinski definition) is 0. The number of fused-ring (bicyclic) bond motifs is 12. The Bertz CT molecular complexity index is 2880.